The number of ether oxygens (including phenoxy) is 1. The van der Waals surface area contributed by atoms with Gasteiger partial charge in [-0.15, -0.1) is 5.10 Å². The van der Waals surface area contributed by atoms with Crippen molar-refractivity contribution < 1.29 is 9.53 Å². The van der Waals surface area contributed by atoms with Crippen LogP contribution in [0.2, 0.25) is 0 Å². The molecular formula is C25H22N6O2. The minimum absolute atomic E-state index is 0.113. The number of hydrogen-bond acceptors (Lipinski definition) is 6. The number of amides is 1. The van der Waals surface area contributed by atoms with Crippen LogP contribution in [0.4, 0.5) is 0 Å². The Morgan fingerprint density at radius 1 is 1.00 bits per heavy atom. The summed E-state index contributed by atoms with van der Waals surface area (Å²) in [6.07, 6.45) is 3.24. The number of fused-ring (bicyclic) bond motifs is 3. The summed E-state index contributed by atoms with van der Waals surface area (Å²) in [5.41, 5.74) is 5.00. The smallest absolute Gasteiger partial charge is 0.254 e. The average molecular weight is 438 g/mol. The molecular weight excluding hydrogens is 416 g/mol. The highest BCUT2D eigenvalue weighted by Crippen LogP contribution is 2.26. The Morgan fingerprint density at radius 2 is 1.79 bits per heavy atom. The Morgan fingerprint density at radius 3 is 2.61 bits per heavy atom. The first-order chi connectivity index (χ1) is 16.2. The molecule has 0 saturated heterocycles. The van der Waals surface area contributed by atoms with Gasteiger partial charge in [0, 0.05) is 41.0 Å². The van der Waals surface area contributed by atoms with E-state index in [1.165, 1.54) is 0 Å². The lowest BCUT2D eigenvalue weighted by Gasteiger charge is -2.24. The van der Waals surface area contributed by atoms with Crippen LogP contribution in [-0.4, -0.2) is 42.9 Å². The summed E-state index contributed by atoms with van der Waals surface area (Å²) < 4.78 is 7.27. The maximum atomic E-state index is 13.5. The van der Waals surface area contributed by atoms with Crippen LogP contribution in [0.25, 0.3) is 16.6 Å². The molecule has 164 valence electrons. The van der Waals surface area contributed by atoms with E-state index < -0.39 is 0 Å². The van der Waals surface area contributed by atoms with Crippen molar-refractivity contribution in [1.82, 2.24) is 29.9 Å². The monoisotopic (exact) mass is 438 g/mol. The molecule has 8 heteroatoms. The molecule has 0 radical (unpaired) electrons. The number of carbonyl (C=O) groups excluding carboxylic acids is 1. The van der Waals surface area contributed by atoms with E-state index >= 15 is 0 Å². The molecule has 0 aliphatic heterocycles. The molecule has 8 nitrogen and oxygen atoms in total. The van der Waals surface area contributed by atoms with Crippen molar-refractivity contribution >= 4 is 22.5 Å². The SMILES string of the molecule is COc1ccccc1CN(Cc1cc2cccc(C)c2n2nnnc12)C(=O)c1ccncc1. The lowest BCUT2D eigenvalue weighted by molar-refractivity contribution is 0.0729. The summed E-state index contributed by atoms with van der Waals surface area (Å²) in [5, 5.41) is 13.4. The quantitative estimate of drug-likeness (QED) is 0.401. The number of tetrazole rings is 1. The number of aryl methyl sites for hydroxylation is 1. The first-order valence-electron chi connectivity index (χ1n) is 10.6. The Kier molecular flexibility index (Phi) is 5.40. The lowest BCUT2D eigenvalue weighted by Crippen LogP contribution is -2.30. The van der Waals surface area contributed by atoms with Gasteiger partial charge in [0.25, 0.3) is 5.91 Å². The van der Waals surface area contributed by atoms with Crippen LogP contribution >= 0.6 is 0 Å². The lowest BCUT2D eigenvalue weighted by atomic mass is 10.1. The van der Waals surface area contributed by atoms with E-state index in [0.29, 0.717) is 24.3 Å². The number of hydrogen-bond donors (Lipinski definition) is 0. The zero-order chi connectivity index (χ0) is 22.8. The van der Waals surface area contributed by atoms with Crippen molar-refractivity contribution in [1.29, 1.82) is 0 Å². The second-order valence-electron chi connectivity index (χ2n) is 7.81. The fourth-order valence-corrected chi connectivity index (χ4v) is 4.12. The molecule has 1 amide bonds. The highest BCUT2D eigenvalue weighted by atomic mass is 16.5. The highest BCUT2D eigenvalue weighted by molar-refractivity contribution is 5.94. The Balaban J connectivity index is 1.60. The first kappa shape index (κ1) is 20.6. The van der Waals surface area contributed by atoms with Crippen LogP contribution in [0.1, 0.15) is 27.0 Å². The second-order valence-corrected chi connectivity index (χ2v) is 7.81. The number of methoxy groups -OCH3 is 1. The van der Waals surface area contributed by atoms with Gasteiger partial charge in [-0.3, -0.25) is 9.78 Å². The molecule has 0 unspecified atom stereocenters. The van der Waals surface area contributed by atoms with Crippen molar-refractivity contribution in [2.24, 2.45) is 0 Å². The summed E-state index contributed by atoms with van der Waals surface area (Å²) >= 11 is 0. The molecule has 2 aromatic carbocycles. The van der Waals surface area contributed by atoms with Crippen LogP contribution in [0.5, 0.6) is 5.75 Å². The van der Waals surface area contributed by atoms with Crippen molar-refractivity contribution in [3.63, 3.8) is 0 Å². The van der Waals surface area contributed by atoms with Crippen molar-refractivity contribution in [2.75, 3.05) is 7.11 Å². The normalized spacial score (nSPS) is 11.1. The number of para-hydroxylation sites is 2. The zero-order valence-corrected chi connectivity index (χ0v) is 18.3. The Labute approximate surface area is 190 Å². The van der Waals surface area contributed by atoms with E-state index in [0.717, 1.165) is 33.3 Å². The maximum absolute atomic E-state index is 13.5. The molecule has 0 N–H and O–H groups in total. The van der Waals surface area contributed by atoms with E-state index in [1.54, 1.807) is 41.1 Å². The molecule has 0 fully saturated rings. The van der Waals surface area contributed by atoms with Crippen LogP contribution in [0.15, 0.2) is 73.1 Å². The Hall–Kier alpha value is -4.33. The van der Waals surface area contributed by atoms with Gasteiger partial charge >= 0.3 is 0 Å². The van der Waals surface area contributed by atoms with Crippen molar-refractivity contribution in [2.45, 2.75) is 20.0 Å². The minimum atomic E-state index is -0.113. The van der Waals surface area contributed by atoms with E-state index in [9.17, 15) is 4.79 Å². The van der Waals surface area contributed by atoms with Gasteiger partial charge in [-0.25, -0.2) is 0 Å². The molecule has 0 bridgehead atoms. The molecule has 0 atom stereocenters. The number of rotatable bonds is 6. The van der Waals surface area contributed by atoms with Crippen LogP contribution in [0, 0.1) is 6.92 Å². The number of nitrogens with zero attached hydrogens (tertiary/aromatic N) is 6. The third kappa shape index (κ3) is 3.87. The van der Waals surface area contributed by atoms with Gasteiger partial charge in [-0.05, 0) is 47.2 Å². The predicted molar refractivity (Wildman–Crippen MR) is 124 cm³/mol. The van der Waals surface area contributed by atoms with E-state index in [-0.39, 0.29) is 5.91 Å². The summed E-state index contributed by atoms with van der Waals surface area (Å²) in [6.45, 7) is 2.72. The van der Waals surface area contributed by atoms with E-state index in [2.05, 4.69) is 26.6 Å². The standard InChI is InChI=1S/C25H22N6O2/c1-17-6-5-8-19-14-21(24-27-28-29-31(24)23(17)19)16-30(25(32)18-10-12-26-13-11-18)15-20-7-3-4-9-22(20)33-2/h3-14H,15-16H2,1-2H3. The van der Waals surface area contributed by atoms with Gasteiger partial charge in [0.15, 0.2) is 5.65 Å². The summed E-state index contributed by atoms with van der Waals surface area (Å²) in [5.74, 6) is 0.617. The van der Waals surface area contributed by atoms with Gasteiger partial charge < -0.3 is 9.64 Å². The number of benzene rings is 2. The van der Waals surface area contributed by atoms with E-state index in [1.807, 2.05) is 49.4 Å². The molecule has 0 saturated carbocycles. The van der Waals surface area contributed by atoms with Gasteiger partial charge in [0.2, 0.25) is 0 Å². The van der Waals surface area contributed by atoms with Crippen LogP contribution in [-0.2, 0) is 13.1 Å². The van der Waals surface area contributed by atoms with Crippen molar-refractivity contribution in [3.05, 3.63) is 95.3 Å². The predicted octanol–water partition coefficient (Wildman–Crippen LogP) is 3.83. The third-order valence-corrected chi connectivity index (χ3v) is 5.70. The topological polar surface area (TPSA) is 85.5 Å². The van der Waals surface area contributed by atoms with E-state index in [4.69, 9.17) is 4.74 Å². The molecule has 33 heavy (non-hydrogen) atoms. The van der Waals surface area contributed by atoms with Gasteiger partial charge in [0.1, 0.15) is 5.75 Å². The number of pyridine rings is 2. The van der Waals surface area contributed by atoms with Gasteiger partial charge in [0.05, 0.1) is 19.2 Å². The minimum Gasteiger partial charge on any atom is -0.496 e. The fourth-order valence-electron chi connectivity index (χ4n) is 4.12. The van der Waals surface area contributed by atoms with Crippen molar-refractivity contribution in [3.8, 4) is 5.75 Å². The molecule has 0 aliphatic rings. The molecule has 0 aliphatic carbocycles. The molecule has 3 heterocycles. The third-order valence-electron chi connectivity index (χ3n) is 5.70. The summed E-state index contributed by atoms with van der Waals surface area (Å²) in [7, 11) is 1.63. The summed E-state index contributed by atoms with van der Waals surface area (Å²) in [4.78, 5) is 19.4. The Bertz CT molecular complexity index is 1450. The number of carbonyl (C=O) groups is 1. The molecule has 5 rings (SSSR count). The van der Waals surface area contributed by atoms with Crippen LogP contribution < -0.4 is 4.74 Å². The summed E-state index contributed by atoms with van der Waals surface area (Å²) in [6, 6.07) is 19.3. The van der Waals surface area contributed by atoms with Gasteiger partial charge in [-0.2, -0.15) is 4.52 Å². The zero-order valence-electron chi connectivity index (χ0n) is 18.3. The van der Waals surface area contributed by atoms with Gasteiger partial charge in [-0.1, -0.05) is 36.4 Å². The van der Waals surface area contributed by atoms with Crippen LogP contribution in [0.3, 0.4) is 0 Å². The molecule has 0 spiro atoms. The molecule has 3 aromatic heterocycles. The largest absolute Gasteiger partial charge is 0.496 e. The molecule has 5 aromatic rings. The second kappa shape index (κ2) is 8.66. The number of aromatic nitrogens is 5. The highest BCUT2D eigenvalue weighted by Gasteiger charge is 2.21. The average Bonchev–Trinajstić information content (AvgIpc) is 3.34. The fraction of sp³-hybridized carbons (Fsp3) is 0.160. The first-order valence-corrected chi connectivity index (χ1v) is 10.6. The maximum Gasteiger partial charge on any atom is 0.254 e.